The molecule has 0 aromatic carbocycles. The van der Waals surface area contributed by atoms with Crippen LogP contribution < -0.4 is 16.0 Å². The van der Waals surface area contributed by atoms with Crippen molar-refractivity contribution in [1.82, 2.24) is 25.9 Å². The second-order valence-corrected chi connectivity index (χ2v) is 12.7. The maximum Gasteiger partial charge on any atom is 0.302 e. The van der Waals surface area contributed by atoms with Gasteiger partial charge in [-0.1, -0.05) is 78.6 Å². The van der Waals surface area contributed by atoms with E-state index < -0.39 is 63.8 Å². The van der Waals surface area contributed by atoms with Gasteiger partial charge in [-0.25, -0.2) is 0 Å². The molecule has 1 saturated heterocycles. The highest BCUT2D eigenvalue weighted by Crippen LogP contribution is 2.48. The van der Waals surface area contributed by atoms with Gasteiger partial charge in [-0.2, -0.15) is 0 Å². The van der Waals surface area contributed by atoms with E-state index >= 15 is 0 Å². The van der Waals surface area contributed by atoms with Crippen molar-refractivity contribution in [2.24, 2.45) is 0 Å². The highest BCUT2D eigenvalue weighted by Gasteiger charge is 2.66. The molecule has 1 aliphatic carbocycles. The van der Waals surface area contributed by atoms with Crippen LogP contribution in [0.15, 0.2) is 11.3 Å². The van der Waals surface area contributed by atoms with E-state index in [0.717, 1.165) is 49.8 Å². The first kappa shape index (κ1) is 36.9. The van der Waals surface area contributed by atoms with Crippen LogP contribution in [0, 0.1) is 0 Å². The Kier molecular flexibility index (Phi) is 13.5. The van der Waals surface area contributed by atoms with E-state index in [1.165, 1.54) is 0 Å². The Labute approximate surface area is 271 Å². The third-order valence-corrected chi connectivity index (χ3v) is 9.24. The van der Waals surface area contributed by atoms with Crippen molar-refractivity contribution >= 4 is 41.4 Å². The molecule has 2 aliphatic heterocycles. The number of unbranched alkanes of at least 4 members (excludes halogenated alkanes) is 6. The standard InChI is InChI=1S/C33H51N5O8/c1-4-7-11-16-23(39)34-29-28(30(44)38(46)31(29)45)33(35-24(40)17-12-8-5-2,36-25(41)18-13-9-6-3)32(21-14-10-15-22-32)37-26(42)19-20-27(37)43/h46H,4-22H2,1-3H3,(H,34,39)(H,35,40)(H,36,41). The van der Waals surface area contributed by atoms with Crippen molar-refractivity contribution in [2.75, 3.05) is 0 Å². The largest absolute Gasteiger partial charge is 0.327 e. The summed E-state index contributed by atoms with van der Waals surface area (Å²) in [5.41, 5.74) is -5.19. The van der Waals surface area contributed by atoms with Gasteiger partial charge in [0.1, 0.15) is 5.70 Å². The maximum atomic E-state index is 14.0. The molecule has 0 bridgehead atoms. The molecule has 3 rings (SSSR count). The van der Waals surface area contributed by atoms with Gasteiger partial charge in [0.15, 0.2) is 5.66 Å². The lowest BCUT2D eigenvalue weighted by molar-refractivity contribution is -0.172. The molecule has 2 fully saturated rings. The lowest BCUT2D eigenvalue weighted by Crippen LogP contribution is -2.80. The molecular weight excluding hydrogens is 594 g/mol. The van der Waals surface area contributed by atoms with Crippen LogP contribution in [-0.2, 0) is 33.6 Å². The zero-order valence-electron chi connectivity index (χ0n) is 27.6. The highest BCUT2D eigenvalue weighted by molar-refractivity contribution is 6.21. The summed E-state index contributed by atoms with van der Waals surface area (Å²) in [6.07, 6.45) is 7.84. The van der Waals surface area contributed by atoms with Crippen LogP contribution in [0.3, 0.4) is 0 Å². The van der Waals surface area contributed by atoms with E-state index in [9.17, 15) is 38.8 Å². The molecule has 0 atom stereocenters. The van der Waals surface area contributed by atoms with E-state index in [1.807, 2.05) is 20.8 Å². The smallest absolute Gasteiger partial charge is 0.302 e. The molecule has 0 radical (unpaired) electrons. The van der Waals surface area contributed by atoms with Gasteiger partial charge in [0.25, 0.3) is 5.91 Å². The van der Waals surface area contributed by atoms with Gasteiger partial charge in [-0.3, -0.25) is 43.7 Å². The van der Waals surface area contributed by atoms with E-state index in [1.54, 1.807) is 0 Å². The summed E-state index contributed by atoms with van der Waals surface area (Å²) in [7, 11) is 0. The molecule has 1 saturated carbocycles. The summed E-state index contributed by atoms with van der Waals surface area (Å²) >= 11 is 0. The van der Waals surface area contributed by atoms with Gasteiger partial charge < -0.3 is 16.0 Å². The Hall–Kier alpha value is -3.61. The summed E-state index contributed by atoms with van der Waals surface area (Å²) in [4.78, 5) is 96.4. The number of amides is 7. The van der Waals surface area contributed by atoms with Crippen molar-refractivity contribution in [2.45, 2.75) is 154 Å². The number of carbonyl (C=O) groups excluding carboxylic acids is 7. The fourth-order valence-electron chi connectivity index (χ4n) is 6.91. The van der Waals surface area contributed by atoms with Crippen LogP contribution in [-0.4, -0.2) is 67.7 Å². The molecule has 0 aromatic heterocycles. The summed E-state index contributed by atoms with van der Waals surface area (Å²) in [6.45, 7) is 5.91. The second kappa shape index (κ2) is 16.8. The van der Waals surface area contributed by atoms with Crippen molar-refractivity contribution in [3.63, 3.8) is 0 Å². The van der Waals surface area contributed by atoms with E-state index in [0.29, 0.717) is 32.1 Å². The minimum Gasteiger partial charge on any atom is -0.327 e. The van der Waals surface area contributed by atoms with Crippen LogP contribution in [0.1, 0.15) is 143 Å². The first-order valence-electron chi connectivity index (χ1n) is 17.1. The molecular formula is C33H51N5O8. The predicted molar refractivity (Wildman–Crippen MR) is 167 cm³/mol. The Morgan fingerprint density at radius 1 is 0.696 bits per heavy atom. The van der Waals surface area contributed by atoms with Crippen molar-refractivity contribution in [3.05, 3.63) is 11.3 Å². The number of hydrogen-bond acceptors (Lipinski definition) is 8. The average molecular weight is 646 g/mol. The van der Waals surface area contributed by atoms with Crippen molar-refractivity contribution in [1.29, 1.82) is 0 Å². The first-order valence-corrected chi connectivity index (χ1v) is 17.1. The molecule has 13 heteroatoms. The SMILES string of the molecule is CCCCCC(=O)NC1=C(C(NC(=O)CCCCC)(NC(=O)CCCCC)C2(N3C(=O)CCC3=O)CCCCC2)C(=O)N(O)C1=O. The van der Waals surface area contributed by atoms with E-state index in [-0.39, 0.29) is 50.0 Å². The van der Waals surface area contributed by atoms with Crippen molar-refractivity contribution < 1.29 is 38.8 Å². The fraction of sp³-hybridized carbons (Fsp3) is 0.727. The van der Waals surface area contributed by atoms with Gasteiger partial charge in [-0.05, 0) is 32.1 Å². The molecule has 13 nitrogen and oxygen atoms in total. The summed E-state index contributed by atoms with van der Waals surface area (Å²) in [6, 6.07) is 0. The minimum atomic E-state index is -2.33. The normalized spacial score (nSPS) is 18.4. The topological polar surface area (TPSA) is 182 Å². The molecule has 3 aliphatic rings. The second-order valence-electron chi connectivity index (χ2n) is 12.7. The molecule has 0 aromatic rings. The van der Waals surface area contributed by atoms with Crippen LogP contribution in [0.25, 0.3) is 0 Å². The van der Waals surface area contributed by atoms with Crippen LogP contribution in [0.5, 0.6) is 0 Å². The number of hydroxylamine groups is 2. The molecule has 2 heterocycles. The maximum absolute atomic E-state index is 14.0. The zero-order chi connectivity index (χ0) is 33.9. The van der Waals surface area contributed by atoms with Gasteiger partial charge >= 0.3 is 5.91 Å². The number of nitrogens with zero attached hydrogens (tertiary/aromatic N) is 2. The Bertz CT molecular complexity index is 1180. The number of imide groups is 2. The number of rotatable bonds is 18. The highest BCUT2D eigenvalue weighted by atomic mass is 16.5. The Morgan fingerprint density at radius 2 is 1.15 bits per heavy atom. The summed E-state index contributed by atoms with van der Waals surface area (Å²) in [5.74, 6) is -5.31. The van der Waals surface area contributed by atoms with Gasteiger partial charge in [0.05, 0.1) is 11.1 Å². The summed E-state index contributed by atoms with van der Waals surface area (Å²) in [5, 5.41) is 18.8. The number of nitrogens with one attached hydrogen (secondary N) is 3. The predicted octanol–water partition coefficient (Wildman–Crippen LogP) is 3.64. The number of hydrogen-bond donors (Lipinski definition) is 4. The molecule has 256 valence electrons. The molecule has 0 spiro atoms. The Morgan fingerprint density at radius 3 is 1.61 bits per heavy atom. The lowest BCUT2D eigenvalue weighted by atomic mass is 9.67. The number of carbonyl (C=O) groups is 7. The lowest BCUT2D eigenvalue weighted by Gasteiger charge is -2.56. The van der Waals surface area contributed by atoms with Crippen LogP contribution >= 0.6 is 0 Å². The zero-order valence-corrected chi connectivity index (χ0v) is 27.6. The monoisotopic (exact) mass is 645 g/mol. The van der Waals surface area contributed by atoms with Crippen molar-refractivity contribution in [3.8, 4) is 0 Å². The molecule has 0 unspecified atom stereocenters. The van der Waals surface area contributed by atoms with Gasteiger partial charge in [0.2, 0.25) is 29.5 Å². The van der Waals surface area contributed by atoms with E-state index in [4.69, 9.17) is 0 Å². The van der Waals surface area contributed by atoms with Crippen LogP contribution in [0.2, 0.25) is 0 Å². The third kappa shape index (κ3) is 7.84. The van der Waals surface area contributed by atoms with Gasteiger partial charge in [-0.15, -0.1) is 5.06 Å². The first-order chi connectivity index (χ1) is 22.0. The Balaban J connectivity index is 2.36. The average Bonchev–Trinajstić information content (AvgIpc) is 3.47. The van der Waals surface area contributed by atoms with Gasteiger partial charge in [0, 0.05) is 32.1 Å². The summed E-state index contributed by atoms with van der Waals surface area (Å²) < 4.78 is 0. The van der Waals surface area contributed by atoms with Crippen LogP contribution in [0.4, 0.5) is 0 Å². The molecule has 46 heavy (non-hydrogen) atoms. The fourth-order valence-corrected chi connectivity index (χ4v) is 6.91. The number of likely N-dealkylation sites (tertiary alicyclic amines) is 1. The third-order valence-electron chi connectivity index (χ3n) is 9.24. The quantitative estimate of drug-likeness (QED) is 0.0754. The van der Waals surface area contributed by atoms with E-state index in [2.05, 4.69) is 16.0 Å². The molecule has 4 N–H and O–H groups in total. The molecule has 7 amide bonds. The minimum absolute atomic E-state index is 0.00374.